The standard InChI is InChI=1S/C30H34N4O6/c1-19-14-34(20(2)17-35)30(37)24-13-23(32-29(36)22-8-10-31-11-9-22)5-7-25(24)40-28(19)16-33(3)15-21-4-6-26-27(12-21)39-18-38-26/h4-13,19-20,28,35H,14-18H2,1-3H3,(H,32,36)/t19-,20+,28-/m0/s1. The van der Waals surface area contributed by atoms with Crippen LogP contribution in [0.2, 0.25) is 0 Å². The first kappa shape index (κ1) is 27.4. The maximum Gasteiger partial charge on any atom is 0.258 e. The number of ether oxygens (including phenoxy) is 3. The second-order valence-electron chi connectivity index (χ2n) is 10.4. The van der Waals surface area contributed by atoms with E-state index in [2.05, 4.69) is 22.1 Å². The summed E-state index contributed by atoms with van der Waals surface area (Å²) in [5.41, 5.74) is 2.35. The molecule has 40 heavy (non-hydrogen) atoms. The quantitative estimate of drug-likeness (QED) is 0.442. The highest BCUT2D eigenvalue weighted by molar-refractivity contribution is 6.05. The van der Waals surface area contributed by atoms with Gasteiger partial charge >= 0.3 is 0 Å². The Labute approximate surface area is 233 Å². The van der Waals surface area contributed by atoms with Gasteiger partial charge in [0.2, 0.25) is 6.79 Å². The molecule has 0 radical (unpaired) electrons. The van der Waals surface area contributed by atoms with E-state index < -0.39 is 0 Å². The number of likely N-dealkylation sites (N-methyl/N-ethyl adjacent to an activating group) is 1. The number of anilines is 1. The highest BCUT2D eigenvalue weighted by atomic mass is 16.7. The minimum absolute atomic E-state index is 0.0172. The molecule has 3 heterocycles. The Morgan fingerprint density at radius 1 is 1.12 bits per heavy atom. The number of carbonyl (C=O) groups is 2. The third-order valence-electron chi connectivity index (χ3n) is 7.25. The molecule has 2 aliphatic rings. The van der Waals surface area contributed by atoms with Crippen molar-refractivity contribution in [1.29, 1.82) is 0 Å². The van der Waals surface area contributed by atoms with Gasteiger partial charge in [0.05, 0.1) is 18.2 Å². The number of benzene rings is 2. The Morgan fingerprint density at radius 2 is 1.88 bits per heavy atom. The molecule has 2 amide bonds. The highest BCUT2D eigenvalue weighted by Gasteiger charge is 2.33. The van der Waals surface area contributed by atoms with E-state index >= 15 is 0 Å². The molecular weight excluding hydrogens is 512 g/mol. The first-order valence-electron chi connectivity index (χ1n) is 13.3. The van der Waals surface area contributed by atoms with E-state index in [0.717, 1.165) is 17.1 Å². The number of aliphatic hydroxyl groups is 1. The van der Waals surface area contributed by atoms with Gasteiger partial charge in [0.1, 0.15) is 11.9 Å². The summed E-state index contributed by atoms with van der Waals surface area (Å²) in [5.74, 6) is 1.36. The summed E-state index contributed by atoms with van der Waals surface area (Å²) in [7, 11) is 2.03. The van der Waals surface area contributed by atoms with Gasteiger partial charge in [0, 0.05) is 49.2 Å². The molecule has 0 fully saturated rings. The summed E-state index contributed by atoms with van der Waals surface area (Å²) in [6.07, 6.45) is 2.86. The average molecular weight is 547 g/mol. The number of rotatable bonds is 8. The van der Waals surface area contributed by atoms with Gasteiger partial charge in [0.25, 0.3) is 11.8 Å². The van der Waals surface area contributed by atoms with Gasteiger partial charge < -0.3 is 29.5 Å². The normalized spacial score (nSPS) is 18.9. The molecule has 3 aromatic rings. The Bertz CT molecular complexity index is 1370. The van der Waals surface area contributed by atoms with Crippen LogP contribution >= 0.6 is 0 Å². The smallest absolute Gasteiger partial charge is 0.258 e. The van der Waals surface area contributed by atoms with Gasteiger partial charge in [-0.1, -0.05) is 13.0 Å². The number of carbonyl (C=O) groups excluding carboxylic acids is 2. The minimum atomic E-state index is -0.386. The van der Waals surface area contributed by atoms with E-state index in [1.54, 1.807) is 47.6 Å². The van der Waals surface area contributed by atoms with Crippen LogP contribution in [0.1, 0.15) is 40.1 Å². The first-order chi connectivity index (χ1) is 19.3. The number of pyridine rings is 1. The zero-order valence-electron chi connectivity index (χ0n) is 22.9. The fourth-order valence-corrected chi connectivity index (χ4v) is 4.95. The number of nitrogens with one attached hydrogen (secondary N) is 1. The molecule has 3 atom stereocenters. The maximum absolute atomic E-state index is 13.7. The predicted molar refractivity (Wildman–Crippen MR) is 149 cm³/mol. The summed E-state index contributed by atoms with van der Waals surface area (Å²) in [4.78, 5) is 34.2. The van der Waals surface area contributed by atoms with Crippen molar-refractivity contribution in [1.82, 2.24) is 14.8 Å². The summed E-state index contributed by atoms with van der Waals surface area (Å²) in [5, 5.41) is 12.8. The van der Waals surface area contributed by atoms with Crippen molar-refractivity contribution in [2.24, 2.45) is 5.92 Å². The number of hydrogen-bond acceptors (Lipinski definition) is 8. The fourth-order valence-electron chi connectivity index (χ4n) is 4.95. The van der Waals surface area contributed by atoms with Gasteiger partial charge in [-0.15, -0.1) is 0 Å². The van der Waals surface area contributed by atoms with Crippen molar-refractivity contribution in [3.05, 3.63) is 77.6 Å². The number of hydrogen-bond donors (Lipinski definition) is 2. The molecule has 5 rings (SSSR count). The van der Waals surface area contributed by atoms with Crippen LogP contribution in [0.5, 0.6) is 17.2 Å². The topological polar surface area (TPSA) is 113 Å². The number of aromatic nitrogens is 1. The molecule has 0 saturated carbocycles. The van der Waals surface area contributed by atoms with Crippen molar-refractivity contribution < 1.29 is 28.9 Å². The van der Waals surface area contributed by atoms with Crippen molar-refractivity contribution in [2.45, 2.75) is 32.5 Å². The van der Waals surface area contributed by atoms with Crippen LogP contribution in [-0.4, -0.2) is 77.4 Å². The Kier molecular flexibility index (Phi) is 8.18. The fraction of sp³-hybridized carbons (Fsp3) is 0.367. The molecule has 0 aliphatic carbocycles. The van der Waals surface area contributed by atoms with E-state index in [0.29, 0.717) is 42.2 Å². The van der Waals surface area contributed by atoms with E-state index in [1.165, 1.54) is 0 Å². The van der Waals surface area contributed by atoms with Crippen LogP contribution in [0.15, 0.2) is 60.9 Å². The van der Waals surface area contributed by atoms with Gasteiger partial charge in [-0.25, -0.2) is 0 Å². The molecule has 1 aromatic heterocycles. The monoisotopic (exact) mass is 546 g/mol. The van der Waals surface area contributed by atoms with Crippen LogP contribution in [-0.2, 0) is 6.54 Å². The van der Waals surface area contributed by atoms with Crippen molar-refractivity contribution in [3.63, 3.8) is 0 Å². The van der Waals surface area contributed by atoms with Crippen molar-refractivity contribution in [2.75, 3.05) is 38.9 Å². The Balaban J connectivity index is 1.37. The third kappa shape index (κ3) is 6.03. The lowest BCUT2D eigenvalue weighted by molar-refractivity contribution is 0.0341. The van der Waals surface area contributed by atoms with Gasteiger partial charge in [-0.3, -0.25) is 19.5 Å². The molecule has 2 aromatic carbocycles. The summed E-state index contributed by atoms with van der Waals surface area (Å²) in [6.45, 7) is 5.63. The number of fused-ring (bicyclic) bond motifs is 2. The van der Waals surface area contributed by atoms with Crippen LogP contribution in [0.4, 0.5) is 5.69 Å². The second kappa shape index (κ2) is 11.9. The molecule has 0 saturated heterocycles. The molecule has 10 heteroatoms. The zero-order valence-corrected chi connectivity index (χ0v) is 22.9. The summed E-state index contributed by atoms with van der Waals surface area (Å²) < 4.78 is 17.4. The Hall–Kier alpha value is -4.15. The molecule has 0 bridgehead atoms. The van der Waals surface area contributed by atoms with Crippen LogP contribution in [0.25, 0.3) is 0 Å². The Morgan fingerprint density at radius 3 is 2.65 bits per heavy atom. The third-order valence-corrected chi connectivity index (χ3v) is 7.25. The maximum atomic E-state index is 13.7. The summed E-state index contributed by atoms with van der Waals surface area (Å²) >= 11 is 0. The minimum Gasteiger partial charge on any atom is -0.488 e. The van der Waals surface area contributed by atoms with Gasteiger partial charge in [0.15, 0.2) is 11.5 Å². The molecule has 210 valence electrons. The van der Waals surface area contributed by atoms with E-state index in [1.807, 2.05) is 32.2 Å². The van der Waals surface area contributed by atoms with E-state index in [4.69, 9.17) is 14.2 Å². The number of aliphatic hydroxyl groups excluding tert-OH is 1. The van der Waals surface area contributed by atoms with Gasteiger partial charge in [-0.2, -0.15) is 0 Å². The SMILES string of the molecule is C[C@H](CO)N1C[C@H](C)[C@H](CN(C)Cc2ccc3c(c2)OCO3)Oc2ccc(NC(=O)c3ccncc3)cc2C1=O. The largest absolute Gasteiger partial charge is 0.488 e. The molecular formula is C30H34N4O6. The van der Waals surface area contributed by atoms with Crippen LogP contribution in [0, 0.1) is 5.92 Å². The molecule has 10 nitrogen and oxygen atoms in total. The summed E-state index contributed by atoms with van der Waals surface area (Å²) in [6, 6.07) is 13.9. The first-order valence-corrected chi connectivity index (χ1v) is 13.3. The second-order valence-corrected chi connectivity index (χ2v) is 10.4. The number of nitrogens with zero attached hydrogens (tertiary/aromatic N) is 3. The molecule has 2 aliphatic heterocycles. The number of amides is 2. The highest BCUT2D eigenvalue weighted by Crippen LogP contribution is 2.33. The van der Waals surface area contributed by atoms with Crippen molar-refractivity contribution >= 4 is 17.5 Å². The zero-order chi connectivity index (χ0) is 28.2. The lowest BCUT2D eigenvalue weighted by Gasteiger charge is -2.38. The lowest BCUT2D eigenvalue weighted by atomic mass is 9.99. The van der Waals surface area contributed by atoms with Crippen LogP contribution in [0.3, 0.4) is 0 Å². The van der Waals surface area contributed by atoms with Crippen LogP contribution < -0.4 is 19.5 Å². The molecule has 2 N–H and O–H groups in total. The average Bonchev–Trinajstić information content (AvgIpc) is 3.43. The lowest BCUT2D eigenvalue weighted by Crippen LogP contribution is -2.49. The van der Waals surface area contributed by atoms with Gasteiger partial charge in [-0.05, 0) is 62.0 Å². The van der Waals surface area contributed by atoms with E-state index in [-0.39, 0.29) is 43.3 Å². The molecule has 0 unspecified atom stereocenters. The van der Waals surface area contributed by atoms with E-state index in [9.17, 15) is 14.7 Å². The van der Waals surface area contributed by atoms with Crippen molar-refractivity contribution in [3.8, 4) is 17.2 Å². The molecule has 0 spiro atoms. The predicted octanol–water partition coefficient (Wildman–Crippen LogP) is 3.41.